The highest BCUT2D eigenvalue weighted by molar-refractivity contribution is 7.34. The minimum absolute atomic E-state index is 0.240. The Bertz CT molecular complexity index is 532. The van der Waals surface area contributed by atoms with E-state index in [2.05, 4.69) is 24.3 Å². The Kier molecular flexibility index (Phi) is 5.59. The van der Waals surface area contributed by atoms with Crippen LogP contribution in [0.3, 0.4) is 0 Å². The van der Waals surface area contributed by atoms with Crippen LogP contribution in [0.2, 0.25) is 6.04 Å². The number of esters is 1. The van der Waals surface area contributed by atoms with Gasteiger partial charge in [-0.3, -0.25) is 4.79 Å². The first-order chi connectivity index (χ1) is 10.1. The van der Waals surface area contributed by atoms with Gasteiger partial charge < -0.3 is 4.74 Å². The van der Waals surface area contributed by atoms with Crippen molar-refractivity contribution in [1.82, 2.24) is 0 Å². The van der Waals surface area contributed by atoms with Crippen molar-refractivity contribution < 1.29 is 9.53 Å². The van der Waals surface area contributed by atoms with Crippen LogP contribution in [-0.2, 0) is 9.53 Å². The number of rotatable bonds is 6. The molecule has 0 N–H and O–H groups in total. The zero-order valence-electron chi connectivity index (χ0n) is 12.1. The summed E-state index contributed by atoms with van der Waals surface area (Å²) in [4.78, 5) is 10.9. The molecule has 21 heavy (non-hydrogen) atoms. The van der Waals surface area contributed by atoms with E-state index in [1.807, 2.05) is 36.4 Å². The van der Waals surface area contributed by atoms with Crippen molar-refractivity contribution in [2.75, 3.05) is 6.61 Å². The van der Waals surface area contributed by atoms with Gasteiger partial charge in [0.2, 0.25) is 7.38 Å². The summed E-state index contributed by atoms with van der Waals surface area (Å²) in [6, 6.07) is 21.3. The molecule has 0 bridgehead atoms. The van der Waals surface area contributed by atoms with Crippen LogP contribution in [0.4, 0.5) is 0 Å². The smallest absolute Gasteiger partial charge is 0.302 e. The number of carbonyl (C=O) groups is 1. The van der Waals surface area contributed by atoms with E-state index in [9.17, 15) is 4.79 Å². The average molecular weight is 319 g/mol. The highest BCUT2D eigenvalue weighted by Gasteiger charge is 2.34. The fourth-order valence-corrected chi connectivity index (χ4v) is 6.53. The Labute approximate surface area is 131 Å². The molecule has 0 aliphatic carbocycles. The predicted octanol–water partition coefficient (Wildman–Crippen LogP) is 2.94. The highest BCUT2D eigenvalue weighted by atomic mass is 35.6. The summed E-state index contributed by atoms with van der Waals surface area (Å²) in [5.41, 5.74) is 0. The highest BCUT2D eigenvalue weighted by Crippen LogP contribution is 2.18. The molecule has 2 nitrogen and oxygen atoms in total. The van der Waals surface area contributed by atoms with Gasteiger partial charge in [0.05, 0.1) is 6.61 Å². The van der Waals surface area contributed by atoms with E-state index in [1.54, 1.807) is 0 Å². The fourth-order valence-electron chi connectivity index (χ4n) is 2.39. The van der Waals surface area contributed by atoms with Crippen LogP contribution in [0.15, 0.2) is 60.7 Å². The van der Waals surface area contributed by atoms with Gasteiger partial charge in [-0.25, -0.2) is 0 Å². The van der Waals surface area contributed by atoms with Crippen molar-refractivity contribution in [2.24, 2.45) is 0 Å². The first-order valence-corrected chi connectivity index (χ1v) is 10.3. The fraction of sp³-hybridized carbons (Fsp3) is 0.235. The Balaban J connectivity index is 2.21. The van der Waals surface area contributed by atoms with Gasteiger partial charge in [-0.05, 0) is 22.8 Å². The van der Waals surface area contributed by atoms with E-state index >= 15 is 0 Å². The number of hydrogen-bond acceptors (Lipinski definition) is 2. The first-order valence-electron chi connectivity index (χ1n) is 7.06. The van der Waals surface area contributed by atoms with E-state index in [0.29, 0.717) is 6.61 Å². The van der Waals surface area contributed by atoms with Crippen LogP contribution in [-0.4, -0.2) is 20.0 Å². The molecule has 2 aromatic carbocycles. The molecule has 0 fully saturated rings. The minimum atomic E-state index is -2.29. The second-order valence-electron chi connectivity index (χ2n) is 4.98. The van der Waals surface area contributed by atoms with Gasteiger partial charge in [-0.1, -0.05) is 60.7 Å². The Morgan fingerprint density at radius 1 is 1.00 bits per heavy atom. The van der Waals surface area contributed by atoms with Crippen LogP contribution in [0, 0.1) is 0 Å². The van der Waals surface area contributed by atoms with Crippen LogP contribution < -0.4 is 10.4 Å². The van der Waals surface area contributed by atoms with Gasteiger partial charge in [0.1, 0.15) is 0 Å². The zero-order chi connectivity index (χ0) is 15.1. The summed E-state index contributed by atoms with van der Waals surface area (Å²) in [5.74, 6) is -0.240. The van der Waals surface area contributed by atoms with Gasteiger partial charge in [0.15, 0.2) is 0 Å². The lowest BCUT2D eigenvalue weighted by atomic mass is 10.4. The molecule has 0 heterocycles. The molecule has 0 saturated carbocycles. The van der Waals surface area contributed by atoms with Gasteiger partial charge >= 0.3 is 5.97 Å². The molecule has 0 amide bonds. The van der Waals surface area contributed by atoms with E-state index in [-0.39, 0.29) is 5.97 Å². The van der Waals surface area contributed by atoms with Gasteiger partial charge in [0, 0.05) is 6.92 Å². The van der Waals surface area contributed by atoms with Crippen molar-refractivity contribution in [3.63, 3.8) is 0 Å². The number of carbonyl (C=O) groups excluding carboxylic acids is 1. The summed E-state index contributed by atoms with van der Waals surface area (Å²) < 4.78 is 5.03. The monoisotopic (exact) mass is 318 g/mol. The van der Waals surface area contributed by atoms with Crippen molar-refractivity contribution in [3.05, 3.63) is 60.7 Å². The van der Waals surface area contributed by atoms with Crippen LogP contribution in [0.25, 0.3) is 0 Å². The summed E-state index contributed by atoms with van der Waals surface area (Å²) in [7, 11) is -2.29. The van der Waals surface area contributed by atoms with Crippen molar-refractivity contribution in [2.45, 2.75) is 19.4 Å². The van der Waals surface area contributed by atoms with Crippen LogP contribution in [0.5, 0.6) is 0 Å². The summed E-state index contributed by atoms with van der Waals surface area (Å²) in [5, 5.41) is 2.39. The molecule has 2 rings (SSSR count). The third kappa shape index (κ3) is 4.19. The SMILES string of the molecule is CC(=O)OCCC[Si](Cl)(c1ccccc1)c1ccccc1. The molecule has 0 unspecified atom stereocenters. The normalized spacial score (nSPS) is 11.1. The van der Waals surface area contributed by atoms with E-state index in [4.69, 9.17) is 15.8 Å². The molecule has 0 radical (unpaired) electrons. The first kappa shape index (κ1) is 15.8. The third-order valence-corrected chi connectivity index (χ3v) is 8.85. The standard InChI is InChI=1S/C17H19ClO2Si/c1-15(19)20-13-8-14-21(18,16-9-4-2-5-10-16)17-11-6-3-7-12-17/h2-7,9-12H,8,13-14H2,1H3. The molecular formula is C17H19ClO2Si. The topological polar surface area (TPSA) is 26.3 Å². The second kappa shape index (κ2) is 7.43. The molecule has 0 saturated heterocycles. The summed E-state index contributed by atoms with van der Waals surface area (Å²) in [6.45, 7) is 1.86. The Morgan fingerprint density at radius 3 is 1.90 bits per heavy atom. The Morgan fingerprint density at radius 2 is 1.48 bits per heavy atom. The van der Waals surface area contributed by atoms with E-state index in [1.165, 1.54) is 17.3 Å². The second-order valence-corrected chi connectivity index (χ2v) is 10.2. The maximum absolute atomic E-state index is 10.9. The molecule has 0 aliphatic rings. The van der Waals surface area contributed by atoms with Gasteiger partial charge in [-0.2, -0.15) is 11.1 Å². The third-order valence-electron chi connectivity index (χ3n) is 3.43. The number of benzene rings is 2. The quantitative estimate of drug-likeness (QED) is 0.354. The maximum atomic E-state index is 10.9. The van der Waals surface area contributed by atoms with Crippen molar-refractivity contribution in [1.29, 1.82) is 0 Å². The van der Waals surface area contributed by atoms with Crippen LogP contribution in [0.1, 0.15) is 13.3 Å². The number of hydrogen-bond donors (Lipinski definition) is 0. The molecule has 0 atom stereocenters. The lowest BCUT2D eigenvalue weighted by Gasteiger charge is -2.25. The molecule has 110 valence electrons. The van der Waals surface area contributed by atoms with Gasteiger partial charge in [-0.15, -0.1) is 0 Å². The lowest BCUT2D eigenvalue weighted by molar-refractivity contribution is -0.140. The molecule has 4 heteroatoms. The molecular weight excluding hydrogens is 300 g/mol. The predicted molar refractivity (Wildman–Crippen MR) is 89.8 cm³/mol. The van der Waals surface area contributed by atoms with Crippen molar-refractivity contribution in [3.8, 4) is 0 Å². The maximum Gasteiger partial charge on any atom is 0.302 e. The van der Waals surface area contributed by atoms with Crippen LogP contribution >= 0.6 is 11.1 Å². The molecule has 0 spiro atoms. The molecule has 2 aromatic rings. The average Bonchev–Trinajstić information content (AvgIpc) is 2.53. The molecule has 0 aliphatic heterocycles. The zero-order valence-corrected chi connectivity index (χ0v) is 13.8. The Hall–Kier alpha value is -1.58. The largest absolute Gasteiger partial charge is 0.466 e. The lowest BCUT2D eigenvalue weighted by Crippen LogP contribution is -2.53. The summed E-state index contributed by atoms with van der Waals surface area (Å²) >= 11 is 7.10. The number of halogens is 1. The summed E-state index contributed by atoms with van der Waals surface area (Å²) in [6.07, 6.45) is 0.777. The molecule has 0 aromatic heterocycles. The van der Waals surface area contributed by atoms with Crippen molar-refractivity contribution >= 4 is 34.8 Å². The number of ether oxygens (including phenoxy) is 1. The van der Waals surface area contributed by atoms with Gasteiger partial charge in [0.25, 0.3) is 0 Å². The minimum Gasteiger partial charge on any atom is -0.466 e. The van der Waals surface area contributed by atoms with E-state index in [0.717, 1.165) is 12.5 Å². The van der Waals surface area contributed by atoms with E-state index < -0.39 is 7.38 Å².